The van der Waals surface area contributed by atoms with Gasteiger partial charge in [0, 0.05) is 24.1 Å². The Kier molecular flexibility index (Phi) is 4.54. The topological polar surface area (TPSA) is 51.2 Å². The van der Waals surface area contributed by atoms with E-state index in [0.717, 1.165) is 10.4 Å². The summed E-state index contributed by atoms with van der Waals surface area (Å²) < 4.78 is 18.5. The van der Waals surface area contributed by atoms with Crippen LogP contribution in [0.5, 0.6) is 0 Å². The van der Waals surface area contributed by atoms with Crippen LogP contribution in [0.2, 0.25) is 0 Å². The molecule has 1 aliphatic heterocycles. The first-order valence-electron chi connectivity index (χ1n) is 7.33. The van der Waals surface area contributed by atoms with Crippen LogP contribution >= 0.6 is 11.3 Å². The van der Waals surface area contributed by atoms with Crippen LogP contribution in [0.3, 0.4) is 0 Å². The number of nitrogens with one attached hydrogen (secondary N) is 1. The number of thiazole rings is 1. The van der Waals surface area contributed by atoms with Crippen LogP contribution in [-0.2, 0) is 16.0 Å². The first-order valence-corrected chi connectivity index (χ1v) is 8.15. The molecular weight excluding hydrogens is 315 g/mol. The molecule has 3 rings (SSSR count). The van der Waals surface area contributed by atoms with Gasteiger partial charge in [-0.15, -0.1) is 17.9 Å². The number of benzene rings is 1. The second kappa shape index (κ2) is 6.60. The number of anilines is 1. The van der Waals surface area contributed by atoms with Crippen molar-refractivity contribution in [2.75, 3.05) is 18.5 Å². The molecule has 0 aliphatic carbocycles. The molecule has 0 unspecified atom stereocenters. The predicted molar refractivity (Wildman–Crippen MR) is 88.0 cm³/mol. The van der Waals surface area contributed by atoms with Crippen LogP contribution in [0.4, 0.5) is 9.52 Å². The SMILES string of the molecule is C=C[C@]1(C(=O)Nc2ncc(Cc3cccc(F)c3)s2)CCOC1. The van der Waals surface area contributed by atoms with Crippen molar-refractivity contribution in [2.24, 2.45) is 5.41 Å². The lowest BCUT2D eigenvalue weighted by Gasteiger charge is -2.20. The van der Waals surface area contributed by atoms with E-state index in [-0.39, 0.29) is 11.7 Å². The molecule has 1 aromatic heterocycles. The molecule has 1 aromatic carbocycles. The maximum absolute atomic E-state index is 13.2. The number of ether oxygens (including phenoxy) is 1. The highest BCUT2D eigenvalue weighted by molar-refractivity contribution is 7.15. The fourth-order valence-corrected chi connectivity index (χ4v) is 3.37. The van der Waals surface area contributed by atoms with E-state index in [1.165, 1.54) is 23.5 Å². The van der Waals surface area contributed by atoms with Crippen LogP contribution in [0.1, 0.15) is 16.9 Å². The van der Waals surface area contributed by atoms with E-state index >= 15 is 0 Å². The number of halogens is 1. The molecule has 6 heteroatoms. The van der Waals surface area contributed by atoms with E-state index in [1.807, 2.05) is 6.07 Å². The zero-order valence-corrected chi connectivity index (χ0v) is 13.4. The maximum Gasteiger partial charge on any atom is 0.238 e. The van der Waals surface area contributed by atoms with Gasteiger partial charge in [-0.3, -0.25) is 4.79 Å². The van der Waals surface area contributed by atoms with Gasteiger partial charge in [0.2, 0.25) is 5.91 Å². The van der Waals surface area contributed by atoms with Crippen LogP contribution in [0.25, 0.3) is 0 Å². The van der Waals surface area contributed by atoms with Gasteiger partial charge in [-0.05, 0) is 24.1 Å². The molecule has 1 amide bonds. The molecule has 1 aliphatic rings. The number of carbonyl (C=O) groups is 1. The molecule has 0 spiro atoms. The second-order valence-corrected chi connectivity index (χ2v) is 6.67. The lowest BCUT2D eigenvalue weighted by Crippen LogP contribution is -2.34. The molecule has 1 N–H and O–H groups in total. The largest absolute Gasteiger partial charge is 0.380 e. The summed E-state index contributed by atoms with van der Waals surface area (Å²) in [6.07, 6.45) is 4.57. The third kappa shape index (κ3) is 3.48. The molecule has 0 bridgehead atoms. The van der Waals surface area contributed by atoms with Crippen molar-refractivity contribution in [2.45, 2.75) is 12.8 Å². The van der Waals surface area contributed by atoms with Gasteiger partial charge >= 0.3 is 0 Å². The normalized spacial score (nSPS) is 20.4. The quantitative estimate of drug-likeness (QED) is 0.854. The Labute approximate surface area is 138 Å². The van der Waals surface area contributed by atoms with Gasteiger partial charge in [0.15, 0.2) is 5.13 Å². The summed E-state index contributed by atoms with van der Waals surface area (Å²) in [5, 5.41) is 3.37. The van der Waals surface area contributed by atoms with Gasteiger partial charge < -0.3 is 10.1 Å². The summed E-state index contributed by atoms with van der Waals surface area (Å²) in [7, 11) is 0. The van der Waals surface area contributed by atoms with Crippen molar-refractivity contribution in [1.82, 2.24) is 4.98 Å². The highest BCUT2D eigenvalue weighted by Crippen LogP contribution is 2.32. The van der Waals surface area contributed by atoms with Gasteiger partial charge in [-0.2, -0.15) is 0 Å². The Bertz CT molecular complexity index is 723. The van der Waals surface area contributed by atoms with Crippen LogP contribution in [0, 0.1) is 11.2 Å². The highest BCUT2D eigenvalue weighted by Gasteiger charge is 2.39. The van der Waals surface area contributed by atoms with Gasteiger partial charge in [0.25, 0.3) is 0 Å². The van der Waals surface area contributed by atoms with Gasteiger partial charge in [0.05, 0.1) is 12.0 Å². The fourth-order valence-electron chi connectivity index (χ4n) is 2.53. The summed E-state index contributed by atoms with van der Waals surface area (Å²) in [6.45, 7) is 4.66. The van der Waals surface area contributed by atoms with Crippen molar-refractivity contribution < 1.29 is 13.9 Å². The monoisotopic (exact) mass is 332 g/mol. The van der Waals surface area contributed by atoms with E-state index in [2.05, 4.69) is 16.9 Å². The van der Waals surface area contributed by atoms with Crippen LogP contribution in [0.15, 0.2) is 43.1 Å². The molecule has 1 fully saturated rings. The smallest absolute Gasteiger partial charge is 0.238 e. The van der Waals surface area contributed by atoms with E-state index in [4.69, 9.17) is 4.74 Å². The highest BCUT2D eigenvalue weighted by atomic mass is 32.1. The molecule has 23 heavy (non-hydrogen) atoms. The molecule has 2 aromatic rings. The predicted octanol–water partition coefficient (Wildman–Crippen LogP) is 3.40. The lowest BCUT2D eigenvalue weighted by molar-refractivity contribution is -0.123. The Balaban J connectivity index is 1.67. The first-order chi connectivity index (χ1) is 11.1. The molecule has 2 heterocycles. The minimum Gasteiger partial charge on any atom is -0.380 e. The number of carbonyl (C=O) groups excluding carboxylic acids is 1. The zero-order chi connectivity index (χ0) is 16.3. The number of amides is 1. The molecule has 1 atom stereocenters. The second-order valence-electron chi connectivity index (χ2n) is 5.56. The molecular formula is C17H17FN2O2S. The van der Waals surface area contributed by atoms with E-state index in [0.29, 0.717) is 31.2 Å². The van der Waals surface area contributed by atoms with Gasteiger partial charge in [-0.25, -0.2) is 9.37 Å². The van der Waals surface area contributed by atoms with Gasteiger partial charge in [0.1, 0.15) is 5.82 Å². The molecule has 0 saturated carbocycles. The van der Waals surface area contributed by atoms with Gasteiger partial charge in [-0.1, -0.05) is 18.2 Å². The third-order valence-electron chi connectivity index (χ3n) is 3.94. The van der Waals surface area contributed by atoms with Crippen LogP contribution < -0.4 is 5.32 Å². The number of aromatic nitrogens is 1. The van der Waals surface area contributed by atoms with Crippen molar-refractivity contribution in [3.63, 3.8) is 0 Å². The van der Waals surface area contributed by atoms with Crippen molar-refractivity contribution in [3.8, 4) is 0 Å². The summed E-state index contributed by atoms with van der Waals surface area (Å²) in [4.78, 5) is 17.6. The molecule has 4 nitrogen and oxygen atoms in total. The minimum atomic E-state index is -0.672. The van der Waals surface area contributed by atoms with E-state index in [9.17, 15) is 9.18 Å². The maximum atomic E-state index is 13.2. The zero-order valence-electron chi connectivity index (χ0n) is 12.5. The number of hydrogen-bond donors (Lipinski definition) is 1. The molecule has 1 saturated heterocycles. The van der Waals surface area contributed by atoms with E-state index in [1.54, 1.807) is 18.3 Å². The number of nitrogens with zero attached hydrogens (tertiary/aromatic N) is 1. The average Bonchev–Trinajstić information content (AvgIpc) is 3.17. The summed E-state index contributed by atoms with van der Waals surface area (Å²) >= 11 is 1.39. The number of rotatable bonds is 5. The average molecular weight is 332 g/mol. The third-order valence-corrected chi connectivity index (χ3v) is 4.85. The van der Waals surface area contributed by atoms with Crippen LogP contribution in [-0.4, -0.2) is 24.1 Å². The Morgan fingerprint density at radius 2 is 2.43 bits per heavy atom. The minimum absolute atomic E-state index is 0.142. The Morgan fingerprint density at radius 1 is 1.57 bits per heavy atom. The standard InChI is InChI=1S/C17H17FN2O2S/c1-2-17(6-7-22-11-17)15(21)20-16-19-10-14(23-16)9-12-4-3-5-13(18)8-12/h2-5,8,10H,1,6-7,9,11H2,(H,19,20,21)/t17-/m0/s1. The number of hydrogen-bond acceptors (Lipinski definition) is 4. The lowest BCUT2D eigenvalue weighted by atomic mass is 9.86. The summed E-state index contributed by atoms with van der Waals surface area (Å²) in [6, 6.07) is 6.47. The fraction of sp³-hybridized carbons (Fsp3) is 0.294. The summed E-state index contributed by atoms with van der Waals surface area (Å²) in [5.41, 5.74) is 0.201. The first kappa shape index (κ1) is 15.8. The Morgan fingerprint density at radius 3 is 3.13 bits per heavy atom. The van der Waals surface area contributed by atoms with Crippen molar-refractivity contribution in [1.29, 1.82) is 0 Å². The van der Waals surface area contributed by atoms with Crippen molar-refractivity contribution >= 4 is 22.4 Å². The van der Waals surface area contributed by atoms with E-state index < -0.39 is 5.41 Å². The summed E-state index contributed by atoms with van der Waals surface area (Å²) in [5.74, 6) is -0.397. The molecule has 0 radical (unpaired) electrons. The van der Waals surface area contributed by atoms with Crippen molar-refractivity contribution in [3.05, 3.63) is 59.4 Å². The molecule has 120 valence electrons. The Hall–Kier alpha value is -2.05.